The average Bonchev–Trinajstić information content (AvgIpc) is 2.77. The van der Waals surface area contributed by atoms with Gasteiger partial charge in [0.05, 0.1) is 18.1 Å². The number of aryl methyl sites for hydroxylation is 3. The van der Waals surface area contributed by atoms with E-state index in [0.717, 1.165) is 12.1 Å². The van der Waals surface area contributed by atoms with Gasteiger partial charge in [0.1, 0.15) is 0 Å². The normalized spacial score (nSPS) is 12.7. The van der Waals surface area contributed by atoms with Gasteiger partial charge in [0.15, 0.2) is 0 Å². The summed E-state index contributed by atoms with van der Waals surface area (Å²) in [6.07, 6.45) is 4.90. The van der Waals surface area contributed by atoms with Crippen LogP contribution in [0.1, 0.15) is 28.4 Å². The average molecular weight is 243 g/mol. The monoisotopic (exact) mass is 243 g/mol. The molecule has 0 amide bonds. The van der Waals surface area contributed by atoms with E-state index in [0.29, 0.717) is 0 Å². The Balaban J connectivity index is 2.22. The van der Waals surface area contributed by atoms with Crippen LogP contribution in [0.4, 0.5) is 0 Å². The van der Waals surface area contributed by atoms with E-state index < -0.39 is 0 Å². The van der Waals surface area contributed by atoms with Gasteiger partial charge in [0, 0.05) is 13.2 Å². The molecular formula is C15H21N3. The topological polar surface area (TPSA) is 29.9 Å². The van der Waals surface area contributed by atoms with Crippen LogP contribution in [0.2, 0.25) is 0 Å². The quantitative estimate of drug-likeness (QED) is 0.894. The van der Waals surface area contributed by atoms with E-state index in [4.69, 9.17) is 0 Å². The summed E-state index contributed by atoms with van der Waals surface area (Å²) in [4.78, 5) is 4.44. The highest BCUT2D eigenvalue weighted by molar-refractivity contribution is 5.31. The van der Waals surface area contributed by atoms with Crippen molar-refractivity contribution in [3.8, 4) is 0 Å². The molecule has 0 aliphatic carbocycles. The molecule has 1 atom stereocenters. The Morgan fingerprint density at radius 1 is 1.33 bits per heavy atom. The summed E-state index contributed by atoms with van der Waals surface area (Å²) in [5.41, 5.74) is 5.14. The fourth-order valence-corrected chi connectivity index (χ4v) is 2.21. The maximum absolute atomic E-state index is 4.44. The lowest BCUT2D eigenvalue weighted by atomic mass is 9.98. The predicted octanol–water partition coefficient (Wildman–Crippen LogP) is 2.54. The van der Waals surface area contributed by atoms with Crippen LogP contribution in [-0.4, -0.2) is 16.6 Å². The summed E-state index contributed by atoms with van der Waals surface area (Å²) in [7, 11) is 3.99. The highest BCUT2D eigenvalue weighted by Gasteiger charge is 2.13. The Hall–Kier alpha value is -1.61. The number of nitrogens with zero attached hydrogens (tertiary/aromatic N) is 2. The van der Waals surface area contributed by atoms with E-state index in [1.54, 1.807) is 0 Å². The van der Waals surface area contributed by atoms with Gasteiger partial charge in [-0.2, -0.15) is 0 Å². The minimum Gasteiger partial charge on any atom is -0.340 e. The maximum Gasteiger partial charge on any atom is 0.0947 e. The van der Waals surface area contributed by atoms with Crippen molar-refractivity contribution in [1.82, 2.24) is 14.9 Å². The van der Waals surface area contributed by atoms with Crippen LogP contribution in [0, 0.1) is 13.8 Å². The Morgan fingerprint density at radius 3 is 2.72 bits per heavy atom. The second-order valence-electron chi connectivity index (χ2n) is 4.94. The standard InChI is InChI=1S/C15H21N3/c1-11-5-6-12(2)13(7-11)8-14(16-3)15-9-18(4)10-17-15/h5-7,9-10,14,16H,8H2,1-4H3. The minimum absolute atomic E-state index is 0.270. The third-order valence-electron chi connectivity index (χ3n) is 3.36. The lowest BCUT2D eigenvalue weighted by molar-refractivity contribution is 0.576. The summed E-state index contributed by atoms with van der Waals surface area (Å²) in [5, 5.41) is 3.35. The molecule has 1 aromatic carbocycles. The lowest BCUT2D eigenvalue weighted by Crippen LogP contribution is -2.19. The van der Waals surface area contributed by atoms with Gasteiger partial charge in [-0.3, -0.25) is 0 Å². The van der Waals surface area contributed by atoms with E-state index >= 15 is 0 Å². The first kappa shape index (κ1) is 12.8. The number of benzene rings is 1. The molecule has 1 unspecified atom stereocenters. The van der Waals surface area contributed by atoms with E-state index in [1.165, 1.54) is 16.7 Å². The van der Waals surface area contributed by atoms with Crippen molar-refractivity contribution in [2.24, 2.45) is 7.05 Å². The molecule has 96 valence electrons. The zero-order valence-corrected chi connectivity index (χ0v) is 11.6. The van der Waals surface area contributed by atoms with Gasteiger partial charge in [0.25, 0.3) is 0 Å². The minimum atomic E-state index is 0.270. The van der Waals surface area contributed by atoms with Crippen LogP contribution in [0.3, 0.4) is 0 Å². The second kappa shape index (κ2) is 5.36. The van der Waals surface area contributed by atoms with Crippen LogP contribution in [0.5, 0.6) is 0 Å². The van der Waals surface area contributed by atoms with E-state index in [9.17, 15) is 0 Å². The fraction of sp³-hybridized carbons (Fsp3) is 0.400. The molecular weight excluding hydrogens is 222 g/mol. The molecule has 0 saturated carbocycles. The largest absolute Gasteiger partial charge is 0.340 e. The van der Waals surface area contributed by atoms with Crippen LogP contribution in [-0.2, 0) is 13.5 Å². The number of hydrogen-bond acceptors (Lipinski definition) is 2. The van der Waals surface area contributed by atoms with Gasteiger partial charge in [-0.15, -0.1) is 0 Å². The van der Waals surface area contributed by atoms with Gasteiger partial charge < -0.3 is 9.88 Å². The highest BCUT2D eigenvalue weighted by Crippen LogP contribution is 2.19. The molecule has 0 fully saturated rings. The number of rotatable bonds is 4. The number of likely N-dealkylation sites (N-methyl/N-ethyl adjacent to an activating group) is 1. The molecule has 1 N–H and O–H groups in total. The second-order valence-corrected chi connectivity index (χ2v) is 4.94. The smallest absolute Gasteiger partial charge is 0.0947 e. The molecule has 0 aliphatic heterocycles. The molecule has 0 spiro atoms. The molecule has 2 rings (SSSR count). The van der Waals surface area contributed by atoms with Crippen molar-refractivity contribution < 1.29 is 0 Å². The van der Waals surface area contributed by atoms with Gasteiger partial charge in [-0.05, 0) is 38.4 Å². The van der Waals surface area contributed by atoms with Gasteiger partial charge in [-0.25, -0.2) is 4.98 Å². The van der Waals surface area contributed by atoms with Gasteiger partial charge >= 0.3 is 0 Å². The molecule has 2 aromatic rings. The third-order valence-corrected chi connectivity index (χ3v) is 3.36. The zero-order valence-electron chi connectivity index (χ0n) is 11.6. The molecule has 1 heterocycles. The van der Waals surface area contributed by atoms with Crippen LogP contribution in [0.15, 0.2) is 30.7 Å². The van der Waals surface area contributed by atoms with Crippen molar-refractivity contribution in [1.29, 1.82) is 0 Å². The summed E-state index contributed by atoms with van der Waals surface area (Å²) < 4.78 is 1.99. The van der Waals surface area contributed by atoms with Crippen molar-refractivity contribution in [2.75, 3.05) is 7.05 Å². The van der Waals surface area contributed by atoms with E-state index in [2.05, 4.69) is 48.5 Å². The zero-order chi connectivity index (χ0) is 13.1. The van der Waals surface area contributed by atoms with Crippen molar-refractivity contribution >= 4 is 0 Å². The SMILES string of the molecule is CNC(Cc1cc(C)ccc1C)c1cn(C)cn1. The van der Waals surface area contributed by atoms with Crippen LogP contribution in [0.25, 0.3) is 0 Å². The first-order chi connectivity index (χ1) is 8.60. The van der Waals surface area contributed by atoms with Crippen molar-refractivity contribution in [3.63, 3.8) is 0 Å². The van der Waals surface area contributed by atoms with E-state index in [-0.39, 0.29) is 6.04 Å². The number of imidazole rings is 1. The summed E-state index contributed by atoms with van der Waals surface area (Å²) >= 11 is 0. The number of nitrogens with one attached hydrogen (secondary N) is 1. The van der Waals surface area contributed by atoms with Crippen LogP contribution < -0.4 is 5.32 Å². The van der Waals surface area contributed by atoms with Crippen molar-refractivity contribution in [2.45, 2.75) is 26.3 Å². The number of hydrogen-bond donors (Lipinski definition) is 1. The molecule has 0 saturated heterocycles. The summed E-state index contributed by atoms with van der Waals surface area (Å²) in [6, 6.07) is 6.89. The Kier molecular flexibility index (Phi) is 3.82. The summed E-state index contributed by atoms with van der Waals surface area (Å²) in [5.74, 6) is 0. The Bertz CT molecular complexity index is 528. The molecule has 0 aliphatic rings. The first-order valence-electron chi connectivity index (χ1n) is 6.31. The lowest BCUT2D eigenvalue weighted by Gasteiger charge is -2.16. The van der Waals surface area contributed by atoms with Gasteiger partial charge in [-0.1, -0.05) is 23.8 Å². The van der Waals surface area contributed by atoms with Crippen LogP contribution >= 0.6 is 0 Å². The Labute approximate surface area is 109 Å². The first-order valence-corrected chi connectivity index (χ1v) is 6.31. The molecule has 1 aromatic heterocycles. The highest BCUT2D eigenvalue weighted by atomic mass is 15.0. The summed E-state index contributed by atoms with van der Waals surface area (Å²) in [6.45, 7) is 4.30. The Morgan fingerprint density at radius 2 is 2.11 bits per heavy atom. The fourth-order valence-electron chi connectivity index (χ4n) is 2.21. The van der Waals surface area contributed by atoms with Gasteiger partial charge in [0.2, 0.25) is 0 Å². The van der Waals surface area contributed by atoms with Crippen molar-refractivity contribution in [3.05, 3.63) is 53.1 Å². The molecule has 0 bridgehead atoms. The molecule has 0 radical (unpaired) electrons. The third kappa shape index (κ3) is 2.79. The van der Waals surface area contributed by atoms with E-state index in [1.807, 2.05) is 25.0 Å². The maximum atomic E-state index is 4.44. The molecule has 3 nitrogen and oxygen atoms in total. The number of aromatic nitrogens is 2. The predicted molar refractivity (Wildman–Crippen MR) is 74.6 cm³/mol. The molecule has 3 heteroatoms. The molecule has 18 heavy (non-hydrogen) atoms.